The van der Waals surface area contributed by atoms with E-state index in [4.69, 9.17) is 10.2 Å². The number of rotatable bonds is 3. The van der Waals surface area contributed by atoms with Crippen LogP contribution in [0.25, 0.3) is 0 Å². The predicted octanol–water partition coefficient (Wildman–Crippen LogP) is -0.156. The van der Waals surface area contributed by atoms with Crippen molar-refractivity contribution in [3.05, 3.63) is 18.0 Å². The van der Waals surface area contributed by atoms with Crippen molar-refractivity contribution >= 4 is 11.9 Å². The number of nitrogens with two attached hydrogens (primary N) is 1. The largest absolute Gasteiger partial charge is 0.406 e. The van der Waals surface area contributed by atoms with Crippen molar-refractivity contribution < 1.29 is 9.21 Å². The van der Waals surface area contributed by atoms with E-state index < -0.39 is 0 Å². The molecule has 1 heterocycles. The molecule has 1 aromatic rings. The van der Waals surface area contributed by atoms with Gasteiger partial charge in [-0.15, -0.1) is 5.10 Å². The molecular weight excluding hydrogens is 172 g/mol. The van der Waals surface area contributed by atoms with Crippen LogP contribution < -0.4 is 11.1 Å². The summed E-state index contributed by atoms with van der Waals surface area (Å²) in [6.45, 7) is 1.94. The van der Waals surface area contributed by atoms with E-state index in [1.54, 1.807) is 13.0 Å². The van der Waals surface area contributed by atoms with Gasteiger partial charge in [-0.1, -0.05) is 11.2 Å². The van der Waals surface area contributed by atoms with Crippen molar-refractivity contribution in [1.29, 1.82) is 0 Å². The maximum Gasteiger partial charge on any atom is 0.312 e. The van der Waals surface area contributed by atoms with Crippen LogP contribution in [0.3, 0.4) is 0 Å². The Kier molecular flexibility index (Phi) is 3.02. The van der Waals surface area contributed by atoms with E-state index in [9.17, 15) is 4.79 Å². The summed E-state index contributed by atoms with van der Waals surface area (Å²) in [5.74, 6) is 0.0784. The van der Waals surface area contributed by atoms with Crippen LogP contribution in [0, 0.1) is 0 Å². The molecule has 3 N–H and O–H groups in total. The minimum Gasteiger partial charge on any atom is -0.406 e. The van der Waals surface area contributed by atoms with Gasteiger partial charge in [0.1, 0.15) is 0 Å². The Morgan fingerprint density at radius 2 is 2.46 bits per heavy atom. The third kappa shape index (κ3) is 2.94. The summed E-state index contributed by atoms with van der Waals surface area (Å²) >= 11 is 0. The maximum absolute atomic E-state index is 10.9. The lowest BCUT2D eigenvalue weighted by Crippen LogP contribution is -2.20. The van der Waals surface area contributed by atoms with Crippen LogP contribution >= 0.6 is 0 Å². The van der Waals surface area contributed by atoms with Crippen LogP contribution in [-0.4, -0.2) is 16.1 Å². The van der Waals surface area contributed by atoms with Gasteiger partial charge in [-0.05, 0) is 13.0 Å². The highest BCUT2D eigenvalue weighted by Gasteiger charge is 2.02. The summed E-state index contributed by atoms with van der Waals surface area (Å²) in [5.41, 5.74) is 5.18. The van der Waals surface area contributed by atoms with Crippen LogP contribution in [-0.2, 0) is 11.3 Å². The highest BCUT2D eigenvalue weighted by Crippen LogP contribution is 1.98. The second-order valence-corrected chi connectivity index (χ2v) is 2.25. The number of aromatic nitrogens is 2. The van der Waals surface area contributed by atoms with E-state index in [2.05, 4.69) is 15.5 Å². The Bertz CT molecular complexity index is 318. The van der Waals surface area contributed by atoms with E-state index in [1.807, 2.05) is 0 Å². The number of nitrogens with one attached hydrogen (secondary N) is 1. The average molecular weight is 182 g/mol. The van der Waals surface area contributed by atoms with Crippen molar-refractivity contribution in [2.24, 2.45) is 0 Å². The molecule has 13 heavy (non-hydrogen) atoms. The van der Waals surface area contributed by atoms with Gasteiger partial charge in [0.15, 0.2) is 0 Å². The van der Waals surface area contributed by atoms with Gasteiger partial charge in [-0.3, -0.25) is 4.79 Å². The van der Waals surface area contributed by atoms with Crippen molar-refractivity contribution in [3.8, 4) is 0 Å². The molecular formula is C7H10N4O2. The van der Waals surface area contributed by atoms with Crippen molar-refractivity contribution in [2.45, 2.75) is 13.5 Å². The van der Waals surface area contributed by atoms with Gasteiger partial charge in [-0.25, -0.2) is 0 Å². The number of nitrogens with zero attached hydrogens (tertiary/aromatic N) is 2. The van der Waals surface area contributed by atoms with Gasteiger partial charge in [0, 0.05) is 0 Å². The number of allylic oxidation sites excluding steroid dienone is 1. The molecule has 1 aromatic heterocycles. The van der Waals surface area contributed by atoms with Crippen LogP contribution in [0.15, 0.2) is 16.6 Å². The third-order valence-electron chi connectivity index (χ3n) is 1.21. The number of anilines is 1. The molecule has 0 bridgehead atoms. The Morgan fingerprint density at radius 3 is 3.00 bits per heavy atom. The summed E-state index contributed by atoms with van der Waals surface area (Å²) in [6.07, 6.45) is 3.04. The predicted molar refractivity (Wildman–Crippen MR) is 45.4 cm³/mol. The van der Waals surface area contributed by atoms with Crippen LogP contribution in [0.2, 0.25) is 0 Å². The standard InChI is InChI=1S/C7H10N4O2/c1-2-3-5(12)9-4-6-10-11-7(8)13-6/h2-3H,4H2,1H3,(H2,8,11)(H,9,12)/b3-2+. The fraction of sp³-hybridized carbons (Fsp3) is 0.286. The zero-order chi connectivity index (χ0) is 9.68. The molecule has 0 aliphatic carbocycles. The van der Waals surface area contributed by atoms with E-state index in [-0.39, 0.29) is 24.4 Å². The summed E-state index contributed by atoms with van der Waals surface area (Å²) < 4.78 is 4.83. The minimum atomic E-state index is -0.209. The van der Waals surface area contributed by atoms with Gasteiger partial charge in [-0.2, -0.15) is 0 Å². The first-order chi connectivity index (χ1) is 6.22. The number of nitrogen functional groups attached to an aromatic ring is 1. The van der Waals surface area contributed by atoms with E-state index in [0.717, 1.165) is 0 Å². The van der Waals surface area contributed by atoms with Crippen molar-refractivity contribution in [1.82, 2.24) is 15.5 Å². The number of carbonyl (C=O) groups is 1. The molecule has 6 heteroatoms. The van der Waals surface area contributed by atoms with Crippen molar-refractivity contribution in [2.75, 3.05) is 5.73 Å². The maximum atomic E-state index is 10.9. The van der Waals surface area contributed by atoms with Gasteiger partial charge in [0.05, 0.1) is 6.54 Å². The lowest BCUT2D eigenvalue weighted by Gasteiger charge is -1.95. The molecule has 0 saturated heterocycles. The first-order valence-electron chi connectivity index (χ1n) is 3.70. The average Bonchev–Trinajstić information content (AvgIpc) is 2.49. The van der Waals surface area contributed by atoms with E-state index >= 15 is 0 Å². The zero-order valence-corrected chi connectivity index (χ0v) is 7.15. The number of hydrogen-bond acceptors (Lipinski definition) is 5. The Hall–Kier alpha value is -1.85. The molecule has 0 radical (unpaired) electrons. The first kappa shape index (κ1) is 9.24. The topological polar surface area (TPSA) is 94.0 Å². The number of carbonyl (C=O) groups excluding carboxylic acids is 1. The summed E-state index contributed by atoms with van der Waals surface area (Å²) in [7, 11) is 0. The quantitative estimate of drug-likeness (QED) is 0.633. The van der Waals surface area contributed by atoms with Crippen LogP contribution in [0.5, 0.6) is 0 Å². The lowest BCUT2D eigenvalue weighted by atomic mass is 10.5. The zero-order valence-electron chi connectivity index (χ0n) is 7.15. The second kappa shape index (κ2) is 4.24. The third-order valence-corrected chi connectivity index (χ3v) is 1.21. The van der Waals surface area contributed by atoms with E-state index in [0.29, 0.717) is 0 Å². The van der Waals surface area contributed by atoms with Crippen LogP contribution in [0.1, 0.15) is 12.8 Å². The first-order valence-corrected chi connectivity index (χ1v) is 3.70. The molecule has 6 nitrogen and oxygen atoms in total. The Balaban J connectivity index is 2.39. The summed E-state index contributed by atoms with van der Waals surface area (Å²) in [4.78, 5) is 10.9. The van der Waals surface area contributed by atoms with Gasteiger partial charge in [0.2, 0.25) is 11.8 Å². The SMILES string of the molecule is C/C=C/C(=O)NCc1nnc(N)o1. The second-order valence-electron chi connectivity index (χ2n) is 2.25. The molecule has 0 unspecified atom stereocenters. The normalized spacial score (nSPS) is 10.5. The number of hydrogen-bond donors (Lipinski definition) is 2. The molecule has 0 atom stereocenters. The highest BCUT2D eigenvalue weighted by molar-refractivity contribution is 5.87. The molecule has 1 rings (SSSR count). The lowest BCUT2D eigenvalue weighted by molar-refractivity contribution is -0.116. The van der Waals surface area contributed by atoms with Crippen molar-refractivity contribution in [3.63, 3.8) is 0 Å². The van der Waals surface area contributed by atoms with Gasteiger partial charge >= 0.3 is 6.01 Å². The summed E-state index contributed by atoms with van der Waals surface area (Å²) in [5, 5.41) is 9.54. The number of amides is 1. The smallest absolute Gasteiger partial charge is 0.312 e. The van der Waals surface area contributed by atoms with Gasteiger partial charge in [0.25, 0.3) is 0 Å². The molecule has 0 saturated carbocycles. The molecule has 0 aromatic carbocycles. The molecule has 70 valence electrons. The Labute approximate surface area is 74.8 Å². The molecule has 0 aliphatic rings. The van der Waals surface area contributed by atoms with Crippen LogP contribution in [0.4, 0.5) is 6.01 Å². The van der Waals surface area contributed by atoms with E-state index in [1.165, 1.54) is 6.08 Å². The molecule has 0 aliphatic heterocycles. The van der Waals surface area contributed by atoms with Gasteiger partial charge < -0.3 is 15.5 Å². The highest BCUT2D eigenvalue weighted by atomic mass is 16.4. The molecule has 0 spiro atoms. The fourth-order valence-electron chi connectivity index (χ4n) is 0.711. The Morgan fingerprint density at radius 1 is 1.69 bits per heavy atom. The summed E-state index contributed by atoms with van der Waals surface area (Å²) in [6, 6.07) is -0.00437. The molecule has 1 amide bonds. The monoisotopic (exact) mass is 182 g/mol. The minimum absolute atomic E-state index is 0.00437. The fourth-order valence-corrected chi connectivity index (χ4v) is 0.711. The molecule has 0 fully saturated rings.